The van der Waals surface area contributed by atoms with Gasteiger partial charge in [-0.3, -0.25) is 19.2 Å². The summed E-state index contributed by atoms with van der Waals surface area (Å²) >= 11 is 3.83. The predicted octanol–water partition coefficient (Wildman–Crippen LogP) is 1.87. The molecule has 2 atom stereocenters. The highest BCUT2D eigenvalue weighted by Crippen LogP contribution is 2.18. The summed E-state index contributed by atoms with van der Waals surface area (Å²) in [6.07, 6.45) is 0. The number of ketones is 2. The lowest BCUT2D eigenvalue weighted by atomic mass is 9.86. The first-order valence-corrected chi connectivity index (χ1v) is 8.40. The lowest BCUT2D eigenvalue weighted by molar-refractivity contribution is -0.140. The first kappa shape index (κ1) is 19.4. The molecule has 0 aliphatic heterocycles. The molecule has 6 nitrogen and oxygen atoms in total. The summed E-state index contributed by atoms with van der Waals surface area (Å²) in [4.78, 5) is 49.2. The van der Waals surface area contributed by atoms with E-state index in [4.69, 9.17) is 0 Å². The van der Waals surface area contributed by atoms with Crippen LogP contribution in [0.15, 0.2) is 60.7 Å². The third-order valence-electron chi connectivity index (χ3n) is 3.74. The van der Waals surface area contributed by atoms with Crippen molar-refractivity contribution >= 4 is 36.1 Å². The molecule has 0 spiro atoms. The topological polar surface area (TPSA) is 101 Å². The molecule has 2 aromatic rings. The van der Waals surface area contributed by atoms with Crippen LogP contribution >= 0.6 is 12.6 Å². The van der Waals surface area contributed by atoms with E-state index in [9.17, 15) is 24.3 Å². The molecule has 0 aromatic heterocycles. The lowest BCUT2D eigenvalue weighted by Crippen LogP contribution is -2.51. The number of nitrogens with one attached hydrogen (secondary N) is 1. The summed E-state index contributed by atoms with van der Waals surface area (Å²) < 4.78 is 0. The maximum Gasteiger partial charge on any atom is 0.317 e. The van der Waals surface area contributed by atoms with Crippen molar-refractivity contribution in [3.05, 3.63) is 71.8 Å². The molecule has 7 heteroatoms. The van der Waals surface area contributed by atoms with Gasteiger partial charge < -0.3 is 10.4 Å². The van der Waals surface area contributed by atoms with E-state index in [1.165, 1.54) is 24.3 Å². The number of carboxylic acids is 1. The zero-order chi connectivity index (χ0) is 19.1. The van der Waals surface area contributed by atoms with Gasteiger partial charge in [0, 0.05) is 11.1 Å². The maximum absolute atomic E-state index is 12.8. The van der Waals surface area contributed by atoms with E-state index in [-0.39, 0.29) is 16.9 Å². The molecule has 0 aliphatic carbocycles. The first-order chi connectivity index (χ1) is 12.5. The van der Waals surface area contributed by atoms with Crippen molar-refractivity contribution in [2.45, 2.75) is 6.04 Å². The fraction of sp³-hybridized carbons (Fsp3) is 0.158. The highest BCUT2D eigenvalue weighted by atomic mass is 32.1. The third kappa shape index (κ3) is 4.58. The van der Waals surface area contributed by atoms with E-state index < -0.39 is 35.4 Å². The number of hydrogen-bond acceptors (Lipinski definition) is 5. The van der Waals surface area contributed by atoms with Crippen LogP contribution in [-0.2, 0) is 9.59 Å². The fourth-order valence-electron chi connectivity index (χ4n) is 2.49. The Hall–Kier alpha value is -2.93. The first-order valence-electron chi connectivity index (χ1n) is 7.77. The number of carbonyl (C=O) groups is 4. The van der Waals surface area contributed by atoms with Crippen LogP contribution in [-0.4, -0.2) is 40.3 Å². The molecule has 0 aliphatic rings. The van der Waals surface area contributed by atoms with Crippen LogP contribution in [0.25, 0.3) is 0 Å². The van der Waals surface area contributed by atoms with Gasteiger partial charge in [0.25, 0.3) is 0 Å². The predicted molar refractivity (Wildman–Crippen MR) is 98.5 cm³/mol. The van der Waals surface area contributed by atoms with Crippen LogP contribution < -0.4 is 5.32 Å². The minimum absolute atomic E-state index is 0.144. The SMILES string of the molecule is O=C(CS)NC(C(=O)c1ccccc1)C(C(=O)O)C(=O)c1ccccc1. The number of amides is 1. The van der Waals surface area contributed by atoms with E-state index in [1.54, 1.807) is 36.4 Å². The van der Waals surface area contributed by atoms with Gasteiger partial charge in [0.05, 0.1) is 5.75 Å². The molecule has 1 amide bonds. The normalized spacial score (nSPS) is 12.7. The number of thiol groups is 1. The van der Waals surface area contributed by atoms with E-state index in [0.29, 0.717) is 0 Å². The summed E-state index contributed by atoms with van der Waals surface area (Å²) in [7, 11) is 0. The van der Waals surface area contributed by atoms with E-state index in [1.807, 2.05) is 0 Å². The van der Waals surface area contributed by atoms with Crippen molar-refractivity contribution in [1.82, 2.24) is 5.32 Å². The van der Waals surface area contributed by atoms with Crippen molar-refractivity contribution in [3.63, 3.8) is 0 Å². The third-order valence-corrected chi connectivity index (χ3v) is 4.03. The number of aliphatic carboxylic acids is 1. The highest BCUT2D eigenvalue weighted by Gasteiger charge is 2.40. The Kier molecular flexibility index (Phi) is 6.68. The van der Waals surface area contributed by atoms with E-state index in [2.05, 4.69) is 17.9 Å². The number of carboxylic acid groups (broad SMARTS) is 1. The zero-order valence-electron chi connectivity index (χ0n) is 13.7. The Morgan fingerprint density at radius 3 is 1.73 bits per heavy atom. The van der Waals surface area contributed by atoms with Crippen molar-refractivity contribution in [3.8, 4) is 0 Å². The Labute approximate surface area is 155 Å². The number of hydrogen-bond donors (Lipinski definition) is 3. The summed E-state index contributed by atoms with van der Waals surface area (Å²) in [5.41, 5.74) is 0.343. The molecular formula is C19H17NO5S. The van der Waals surface area contributed by atoms with Crippen molar-refractivity contribution in [2.24, 2.45) is 5.92 Å². The Morgan fingerprint density at radius 1 is 0.846 bits per heavy atom. The van der Waals surface area contributed by atoms with Crippen LogP contribution in [0.2, 0.25) is 0 Å². The van der Waals surface area contributed by atoms with Gasteiger partial charge in [0.15, 0.2) is 11.6 Å². The van der Waals surface area contributed by atoms with Gasteiger partial charge in [-0.05, 0) is 0 Å². The minimum Gasteiger partial charge on any atom is -0.481 e. The van der Waals surface area contributed by atoms with Crippen LogP contribution in [0.5, 0.6) is 0 Å². The molecule has 0 fully saturated rings. The van der Waals surface area contributed by atoms with E-state index in [0.717, 1.165) is 0 Å². The van der Waals surface area contributed by atoms with Crippen LogP contribution in [0, 0.1) is 5.92 Å². The number of rotatable bonds is 8. The Morgan fingerprint density at radius 2 is 1.31 bits per heavy atom. The highest BCUT2D eigenvalue weighted by molar-refractivity contribution is 7.81. The molecule has 2 N–H and O–H groups in total. The van der Waals surface area contributed by atoms with Gasteiger partial charge in [-0.2, -0.15) is 12.6 Å². The average Bonchev–Trinajstić information content (AvgIpc) is 2.67. The number of carbonyl (C=O) groups excluding carboxylic acids is 3. The molecule has 2 unspecified atom stereocenters. The zero-order valence-corrected chi connectivity index (χ0v) is 14.6. The summed E-state index contributed by atoms with van der Waals surface area (Å²) in [6.45, 7) is 0. The number of Topliss-reactive ketones (excluding diaryl/α,β-unsaturated/α-hetero) is 2. The molecule has 2 rings (SSSR count). The lowest BCUT2D eigenvalue weighted by Gasteiger charge is -2.23. The Balaban J connectivity index is 2.45. The Bertz CT molecular complexity index is 807. The second-order valence-corrected chi connectivity index (χ2v) is 5.80. The van der Waals surface area contributed by atoms with Crippen LogP contribution in [0.1, 0.15) is 20.7 Å². The molecule has 2 aromatic carbocycles. The quantitative estimate of drug-likeness (QED) is 0.374. The second-order valence-electron chi connectivity index (χ2n) is 5.48. The summed E-state index contributed by atoms with van der Waals surface area (Å²) in [5, 5.41) is 11.9. The summed E-state index contributed by atoms with van der Waals surface area (Å²) in [6, 6.07) is 14.2. The van der Waals surface area contributed by atoms with Gasteiger partial charge in [0.1, 0.15) is 12.0 Å². The van der Waals surface area contributed by atoms with Crippen molar-refractivity contribution < 1.29 is 24.3 Å². The van der Waals surface area contributed by atoms with E-state index >= 15 is 0 Å². The molecule has 134 valence electrons. The van der Waals surface area contributed by atoms with Crippen LogP contribution in [0.3, 0.4) is 0 Å². The van der Waals surface area contributed by atoms with Crippen molar-refractivity contribution in [2.75, 3.05) is 5.75 Å². The van der Waals surface area contributed by atoms with Gasteiger partial charge in [-0.25, -0.2) is 0 Å². The van der Waals surface area contributed by atoms with Gasteiger partial charge in [-0.1, -0.05) is 60.7 Å². The van der Waals surface area contributed by atoms with Crippen molar-refractivity contribution in [1.29, 1.82) is 0 Å². The van der Waals surface area contributed by atoms with Gasteiger partial charge in [-0.15, -0.1) is 0 Å². The monoisotopic (exact) mass is 371 g/mol. The smallest absolute Gasteiger partial charge is 0.317 e. The molecule has 0 heterocycles. The minimum atomic E-state index is -1.76. The van der Waals surface area contributed by atoms with Gasteiger partial charge >= 0.3 is 5.97 Å². The summed E-state index contributed by atoms with van der Waals surface area (Å²) in [5.74, 6) is -5.55. The average molecular weight is 371 g/mol. The second kappa shape index (κ2) is 8.96. The number of benzene rings is 2. The standard InChI is InChI=1S/C19H17NO5S/c21-14(11-26)20-16(18(23)13-9-5-2-6-10-13)15(19(24)25)17(22)12-7-3-1-4-8-12/h1-10,15-16,26H,11H2,(H,20,21)(H,24,25). The van der Waals surface area contributed by atoms with Gasteiger partial charge in [0.2, 0.25) is 5.91 Å². The molecule has 0 saturated heterocycles. The fourth-order valence-corrected chi connectivity index (χ4v) is 2.58. The molecular weight excluding hydrogens is 354 g/mol. The molecule has 0 radical (unpaired) electrons. The molecule has 26 heavy (non-hydrogen) atoms. The largest absolute Gasteiger partial charge is 0.481 e. The van der Waals surface area contributed by atoms with Crippen LogP contribution in [0.4, 0.5) is 0 Å². The molecule has 0 saturated carbocycles. The maximum atomic E-state index is 12.8. The molecule has 0 bridgehead atoms.